The Balaban J connectivity index is -0.00000000381. The third-order valence-electron chi connectivity index (χ3n) is 0. The van der Waals surface area contributed by atoms with Crippen molar-refractivity contribution in [3.8, 4) is 0 Å². The van der Waals surface area contributed by atoms with Gasteiger partial charge in [0.05, 0.1) is 0 Å². The van der Waals surface area contributed by atoms with Crippen LogP contribution in [-0.4, -0.2) is 44.9 Å². The molecule has 0 aliphatic carbocycles. The third kappa shape index (κ3) is 1940. The fourth-order valence-electron chi connectivity index (χ4n) is 0. The molecule has 0 amide bonds. The molecule has 12 heteroatoms. The summed E-state index contributed by atoms with van der Waals surface area (Å²) in [6, 6.07) is 0. The summed E-state index contributed by atoms with van der Waals surface area (Å²) in [6.07, 6.45) is 0. The maximum absolute atomic E-state index is 8.74. The summed E-state index contributed by atoms with van der Waals surface area (Å²) in [6.45, 7) is 0. The van der Waals surface area contributed by atoms with Gasteiger partial charge in [-0.1, -0.05) is 0 Å². The molecule has 0 bridgehead atoms. The molecule has 0 aromatic heterocycles. The Morgan fingerprint density at radius 1 is 0.750 bits per heavy atom. The van der Waals surface area contributed by atoms with E-state index in [2.05, 4.69) is 0 Å². The number of hydrogen-bond acceptors (Lipinski definition) is 2. The molecule has 0 aromatic carbocycles. The van der Waals surface area contributed by atoms with E-state index < -0.39 is 10.4 Å². The molecule has 0 fully saturated rings. The molecule has 12 N–H and O–H groups in total. The van der Waals surface area contributed by atoms with Crippen molar-refractivity contribution in [2.24, 2.45) is 0 Å². The van der Waals surface area contributed by atoms with Gasteiger partial charge in [0.15, 0.2) is 0 Å². The second-order valence-corrected chi connectivity index (χ2v) is 1.34. The quantitative estimate of drug-likeness (QED) is 0.331. The first-order chi connectivity index (χ1) is 2.00. The van der Waals surface area contributed by atoms with Gasteiger partial charge in [0.2, 0.25) is 0 Å². The van der Waals surface area contributed by atoms with E-state index in [0.717, 1.165) is 0 Å². The van der Waals surface area contributed by atoms with Gasteiger partial charge in [0, 0.05) is 34.4 Å². The van der Waals surface area contributed by atoms with Crippen LogP contribution >= 0.6 is 0 Å². The Hall–Kier alpha value is 0.722. The molecule has 9 nitrogen and oxygen atoms in total. The standard InChI is InChI=1S/Cr.Cu.H2O4S.5H2O/c;;1-5(2,3)4;;;;;/h;;(H2,1,2,3,4);5*1H2. The average Bonchev–Trinajstić information content (AvgIpc) is 0.722. The molecule has 0 atom stereocenters. The molecule has 0 aromatic rings. The Morgan fingerprint density at radius 3 is 0.750 bits per heavy atom. The van der Waals surface area contributed by atoms with E-state index in [4.69, 9.17) is 17.5 Å². The molecular formula is H12CrCuO9S. The fraction of sp³-hybridized carbons (Fsp3) is 0. The minimum atomic E-state index is -4.67. The normalized spacial score (nSPS) is 4.83. The van der Waals surface area contributed by atoms with Gasteiger partial charge in [-0.3, -0.25) is 9.11 Å². The molecule has 0 heterocycles. The molecule has 0 aliphatic rings. The first-order valence-electron chi connectivity index (χ1n) is 0.698. The van der Waals surface area contributed by atoms with Crippen molar-refractivity contribution in [1.29, 1.82) is 0 Å². The Labute approximate surface area is 89.9 Å². The smallest absolute Gasteiger partial charge is 0.394 e. The second-order valence-electron chi connectivity index (χ2n) is 0.448. The summed E-state index contributed by atoms with van der Waals surface area (Å²) in [7, 11) is -4.67. The van der Waals surface area contributed by atoms with E-state index in [0.29, 0.717) is 0 Å². The van der Waals surface area contributed by atoms with Crippen LogP contribution in [0.4, 0.5) is 0 Å². The van der Waals surface area contributed by atoms with Gasteiger partial charge < -0.3 is 27.4 Å². The van der Waals surface area contributed by atoms with Gasteiger partial charge >= 0.3 is 10.4 Å². The molecule has 12 heavy (non-hydrogen) atoms. The van der Waals surface area contributed by atoms with Crippen LogP contribution in [-0.2, 0) is 44.8 Å². The van der Waals surface area contributed by atoms with Crippen LogP contribution in [0.25, 0.3) is 0 Å². The van der Waals surface area contributed by atoms with E-state index in [-0.39, 0.29) is 61.8 Å². The van der Waals surface area contributed by atoms with Crippen LogP contribution in [0.1, 0.15) is 0 Å². The maximum Gasteiger partial charge on any atom is 0.394 e. The van der Waals surface area contributed by atoms with Crippen molar-refractivity contribution in [2.45, 2.75) is 0 Å². The van der Waals surface area contributed by atoms with Crippen LogP contribution < -0.4 is 0 Å². The van der Waals surface area contributed by atoms with Gasteiger partial charge in [-0.15, -0.1) is 0 Å². The summed E-state index contributed by atoms with van der Waals surface area (Å²) in [5.41, 5.74) is 0. The van der Waals surface area contributed by atoms with Crippen molar-refractivity contribution in [3.05, 3.63) is 0 Å². The zero-order valence-electron chi connectivity index (χ0n) is 5.33. The van der Waals surface area contributed by atoms with Crippen LogP contribution in [0, 0.1) is 0 Å². The molecule has 1 radical (unpaired) electrons. The van der Waals surface area contributed by atoms with E-state index >= 15 is 0 Å². The Bertz CT molecular complexity index is 97.7. The predicted molar refractivity (Wildman–Crippen MR) is 32.2 cm³/mol. The molecule has 0 saturated carbocycles. The largest absolute Gasteiger partial charge is 0.412 e. The maximum atomic E-state index is 8.74. The molecule has 0 saturated heterocycles. The minimum Gasteiger partial charge on any atom is -0.412 e. The zero-order chi connectivity index (χ0) is 4.50. The first kappa shape index (κ1) is 78.4. The van der Waals surface area contributed by atoms with Gasteiger partial charge in [0.25, 0.3) is 0 Å². The molecule has 0 rings (SSSR count). The van der Waals surface area contributed by atoms with Crippen molar-refractivity contribution in [2.75, 3.05) is 0 Å². The first-order valence-corrected chi connectivity index (χ1v) is 2.10. The van der Waals surface area contributed by atoms with Crippen LogP contribution in [0.5, 0.6) is 0 Å². The van der Waals surface area contributed by atoms with E-state index in [1.165, 1.54) is 0 Å². The van der Waals surface area contributed by atoms with Gasteiger partial charge in [-0.25, -0.2) is 0 Å². The zero-order valence-corrected chi connectivity index (χ0v) is 8.36. The summed E-state index contributed by atoms with van der Waals surface area (Å²) in [5.74, 6) is 0. The molecule has 0 aliphatic heterocycles. The number of hydrogen-bond donors (Lipinski definition) is 2. The minimum absolute atomic E-state index is 0. The monoisotopic (exact) mass is 303 g/mol. The Morgan fingerprint density at radius 2 is 0.750 bits per heavy atom. The summed E-state index contributed by atoms with van der Waals surface area (Å²) >= 11 is 0. The van der Waals surface area contributed by atoms with Gasteiger partial charge in [-0.05, 0) is 0 Å². The summed E-state index contributed by atoms with van der Waals surface area (Å²) in [4.78, 5) is 0. The van der Waals surface area contributed by atoms with Crippen molar-refractivity contribution >= 4 is 10.4 Å². The topological polar surface area (TPSA) is 232 Å². The summed E-state index contributed by atoms with van der Waals surface area (Å²) in [5, 5.41) is 0. The SMILES string of the molecule is O.O.O.O.O.O=S(=O)(O)O.[Cr].[Cu]. The van der Waals surface area contributed by atoms with Crippen molar-refractivity contribution in [1.82, 2.24) is 0 Å². The molecule has 0 unspecified atom stereocenters. The molecule has 89 valence electrons. The van der Waals surface area contributed by atoms with Crippen LogP contribution in [0.3, 0.4) is 0 Å². The molecular weight excluding hydrogens is 292 g/mol. The molecule has 0 spiro atoms. The number of rotatable bonds is 0. The Kier molecular flexibility index (Phi) is 195. The van der Waals surface area contributed by atoms with Crippen LogP contribution in [0.2, 0.25) is 0 Å². The van der Waals surface area contributed by atoms with Gasteiger partial charge in [0.1, 0.15) is 0 Å². The predicted octanol–water partition coefficient (Wildman–Crippen LogP) is -4.78. The average molecular weight is 304 g/mol. The van der Waals surface area contributed by atoms with Crippen molar-refractivity contribution < 1.29 is 79.3 Å². The summed E-state index contributed by atoms with van der Waals surface area (Å²) < 4.78 is 31.6. The van der Waals surface area contributed by atoms with E-state index in [1.54, 1.807) is 0 Å². The van der Waals surface area contributed by atoms with E-state index in [9.17, 15) is 0 Å². The fourth-order valence-corrected chi connectivity index (χ4v) is 0. The van der Waals surface area contributed by atoms with Crippen molar-refractivity contribution in [3.63, 3.8) is 0 Å². The second kappa shape index (κ2) is 29.8. The van der Waals surface area contributed by atoms with E-state index in [1.807, 2.05) is 0 Å². The van der Waals surface area contributed by atoms with Crippen LogP contribution in [0.15, 0.2) is 0 Å². The van der Waals surface area contributed by atoms with Gasteiger partial charge in [-0.2, -0.15) is 8.42 Å². The third-order valence-corrected chi connectivity index (χ3v) is 0.